The summed E-state index contributed by atoms with van der Waals surface area (Å²) in [6.45, 7) is 0. The maximum absolute atomic E-state index is 12.9. The van der Waals surface area contributed by atoms with Gasteiger partial charge in [-0.3, -0.25) is 19.5 Å². The Bertz CT molecular complexity index is 2040. The fraction of sp³-hybridized carbons (Fsp3) is 0.0690. The summed E-state index contributed by atoms with van der Waals surface area (Å²) in [5.74, 6) is -0.184. The van der Waals surface area contributed by atoms with E-state index in [0.717, 1.165) is 23.2 Å². The summed E-state index contributed by atoms with van der Waals surface area (Å²) in [5.41, 5.74) is 2.20. The first-order valence-electron chi connectivity index (χ1n) is 12.4. The van der Waals surface area contributed by atoms with Crippen molar-refractivity contribution < 1.29 is 17.4 Å². The molecule has 0 fully saturated rings. The third-order valence-electron chi connectivity index (χ3n) is 6.30. The minimum atomic E-state index is -4.58. The van der Waals surface area contributed by atoms with Gasteiger partial charge in [0.05, 0.1) is 27.7 Å². The molecule has 0 bridgehead atoms. The molecule has 13 heteroatoms. The van der Waals surface area contributed by atoms with Gasteiger partial charge in [0, 0.05) is 28.9 Å². The first kappa shape index (κ1) is 27.5. The van der Waals surface area contributed by atoms with Gasteiger partial charge in [-0.15, -0.1) is 0 Å². The molecule has 0 amide bonds. The summed E-state index contributed by atoms with van der Waals surface area (Å²) < 4.78 is 53.8. The number of H-pyrrole nitrogens is 1. The number of fused-ring (bicyclic) bond motifs is 2. The van der Waals surface area contributed by atoms with Gasteiger partial charge in [0.1, 0.15) is 27.9 Å². The molecule has 6 rings (SSSR count). The molecule has 210 valence electrons. The number of hydrogen-bond donors (Lipinski definition) is 2. The molecule has 2 aromatic carbocycles. The van der Waals surface area contributed by atoms with E-state index in [1.54, 1.807) is 18.3 Å². The first-order valence-corrected chi connectivity index (χ1v) is 14.1. The Morgan fingerprint density at radius 2 is 1.69 bits per heavy atom. The van der Waals surface area contributed by atoms with Crippen LogP contribution in [0.25, 0.3) is 44.6 Å². The lowest BCUT2D eigenvalue weighted by Crippen LogP contribution is -2.18. The SMILES string of the molecule is O=c1[nH]c2nc(-c3ccccc3)c(-c3cc(Cl)c4ncccc4c3)nc2cc1NS(=O)Cc1ccc(C(F)(F)F)nc1. The van der Waals surface area contributed by atoms with Gasteiger partial charge in [-0.2, -0.15) is 13.2 Å². The van der Waals surface area contributed by atoms with E-state index in [2.05, 4.69) is 19.7 Å². The molecule has 1 unspecified atom stereocenters. The number of alkyl halides is 3. The Morgan fingerprint density at radius 1 is 0.905 bits per heavy atom. The molecular formula is C29H18ClF3N6O2S. The van der Waals surface area contributed by atoms with Crippen molar-refractivity contribution in [3.05, 3.63) is 112 Å². The number of halogens is 4. The predicted octanol–water partition coefficient (Wildman–Crippen LogP) is 6.54. The Labute approximate surface area is 243 Å². The lowest BCUT2D eigenvalue weighted by atomic mass is 10.0. The zero-order chi connectivity index (χ0) is 29.4. The standard InChI is InChI=1S/C29H18ClF3N6O2S/c30-20-12-19(11-18-7-4-10-34-24(18)20)26-25(17-5-2-1-3-6-17)37-27-21(36-26)13-22(28(40)38-27)39-42(41)15-16-8-9-23(35-14-16)29(31,32)33/h1-14,39H,15H2,(H,37,38,40). The van der Waals surface area contributed by atoms with E-state index >= 15 is 0 Å². The minimum absolute atomic E-state index is 0.0471. The molecule has 0 radical (unpaired) electrons. The van der Waals surface area contributed by atoms with Crippen LogP contribution < -0.4 is 10.3 Å². The second-order valence-electron chi connectivity index (χ2n) is 9.21. The molecular weight excluding hydrogens is 589 g/mol. The number of aromatic nitrogens is 5. The van der Waals surface area contributed by atoms with Gasteiger partial charge >= 0.3 is 6.18 Å². The van der Waals surface area contributed by atoms with Crippen molar-refractivity contribution in [2.75, 3.05) is 4.72 Å². The van der Waals surface area contributed by atoms with Crippen molar-refractivity contribution in [3.8, 4) is 22.5 Å². The summed E-state index contributed by atoms with van der Waals surface area (Å²) in [5, 5.41) is 1.24. The predicted molar refractivity (Wildman–Crippen MR) is 156 cm³/mol. The summed E-state index contributed by atoms with van der Waals surface area (Å²) in [7, 11) is -1.86. The molecule has 2 N–H and O–H groups in total. The van der Waals surface area contributed by atoms with Crippen LogP contribution in [0.3, 0.4) is 0 Å². The highest BCUT2D eigenvalue weighted by Gasteiger charge is 2.32. The summed E-state index contributed by atoms with van der Waals surface area (Å²) in [6, 6.07) is 20.1. The summed E-state index contributed by atoms with van der Waals surface area (Å²) in [4.78, 5) is 32.8. The fourth-order valence-corrected chi connectivity index (χ4v) is 5.58. The van der Waals surface area contributed by atoms with E-state index in [0.29, 0.717) is 38.6 Å². The molecule has 0 spiro atoms. The van der Waals surface area contributed by atoms with E-state index < -0.39 is 28.4 Å². The molecule has 42 heavy (non-hydrogen) atoms. The fourth-order valence-electron chi connectivity index (χ4n) is 4.36. The number of aromatic amines is 1. The molecule has 1 atom stereocenters. The number of pyridine rings is 3. The van der Waals surface area contributed by atoms with Crippen molar-refractivity contribution in [2.45, 2.75) is 11.9 Å². The molecule has 8 nitrogen and oxygen atoms in total. The van der Waals surface area contributed by atoms with E-state index in [-0.39, 0.29) is 17.1 Å². The smallest absolute Gasteiger partial charge is 0.303 e. The first-order chi connectivity index (χ1) is 20.2. The number of benzene rings is 2. The second-order valence-corrected chi connectivity index (χ2v) is 10.8. The normalized spacial score (nSPS) is 12.5. The minimum Gasteiger partial charge on any atom is -0.303 e. The van der Waals surface area contributed by atoms with Gasteiger partial charge in [-0.25, -0.2) is 14.2 Å². The number of nitrogens with one attached hydrogen (secondary N) is 2. The Morgan fingerprint density at radius 3 is 2.43 bits per heavy atom. The van der Waals surface area contributed by atoms with Crippen LogP contribution in [0.1, 0.15) is 11.3 Å². The van der Waals surface area contributed by atoms with Crippen molar-refractivity contribution >= 4 is 50.3 Å². The maximum atomic E-state index is 12.9. The van der Waals surface area contributed by atoms with Crippen LogP contribution in [0.4, 0.5) is 18.9 Å². The Hall–Kier alpha value is -4.68. The van der Waals surface area contributed by atoms with Crippen molar-refractivity contribution in [1.29, 1.82) is 0 Å². The molecule has 0 aliphatic carbocycles. The van der Waals surface area contributed by atoms with E-state index in [1.165, 1.54) is 12.1 Å². The van der Waals surface area contributed by atoms with Crippen molar-refractivity contribution in [3.63, 3.8) is 0 Å². The summed E-state index contributed by atoms with van der Waals surface area (Å²) >= 11 is 6.57. The molecule has 4 aromatic heterocycles. The monoisotopic (exact) mass is 606 g/mol. The van der Waals surface area contributed by atoms with Gasteiger partial charge in [-0.1, -0.05) is 54.1 Å². The Kier molecular flexibility index (Phi) is 7.17. The zero-order valence-corrected chi connectivity index (χ0v) is 22.9. The quantitative estimate of drug-likeness (QED) is 0.222. The van der Waals surface area contributed by atoms with E-state index in [1.807, 2.05) is 42.5 Å². The van der Waals surface area contributed by atoms with Crippen LogP contribution in [0.15, 0.2) is 90.0 Å². The molecule has 0 saturated heterocycles. The third-order valence-corrected chi connectivity index (χ3v) is 7.63. The highest BCUT2D eigenvalue weighted by atomic mass is 35.5. The van der Waals surface area contributed by atoms with Crippen molar-refractivity contribution in [2.24, 2.45) is 0 Å². The number of rotatable bonds is 6. The van der Waals surface area contributed by atoms with Gasteiger partial charge in [0.15, 0.2) is 5.65 Å². The topological polar surface area (TPSA) is 114 Å². The lowest BCUT2D eigenvalue weighted by molar-refractivity contribution is -0.141. The second kappa shape index (κ2) is 11.0. The van der Waals surface area contributed by atoms with Crippen LogP contribution in [0.5, 0.6) is 0 Å². The zero-order valence-electron chi connectivity index (χ0n) is 21.3. The molecule has 6 aromatic rings. The van der Waals surface area contributed by atoms with Crippen LogP contribution in [-0.4, -0.2) is 29.1 Å². The average molecular weight is 607 g/mol. The van der Waals surface area contributed by atoms with Crippen LogP contribution in [0.2, 0.25) is 5.02 Å². The van der Waals surface area contributed by atoms with Gasteiger partial charge in [-0.05, 0) is 35.9 Å². The Balaban J connectivity index is 1.39. The third kappa shape index (κ3) is 5.58. The number of hydrogen-bond acceptors (Lipinski definition) is 6. The number of nitrogens with zero attached hydrogens (tertiary/aromatic N) is 4. The lowest BCUT2D eigenvalue weighted by Gasteiger charge is -2.13. The van der Waals surface area contributed by atoms with Crippen molar-refractivity contribution in [1.82, 2.24) is 24.9 Å². The summed E-state index contributed by atoms with van der Waals surface area (Å²) in [6.07, 6.45) is -1.92. The maximum Gasteiger partial charge on any atom is 0.433 e. The van der Waals surface area contributed by atoms with Crippen LogP contribution in [0, 0.1) is 0 Å². The molecule has 0 aliphatic rings. The highest BCUT2D eigenvalue weighted by Crippen LogP contribution is 2.35. The molecule has 0 aliphatic heterocycles. The van der Waals surface area contributed by atoms with E-state index in [9.17, 15) is 22.2 Å². The molecule has 0 saturated carbocycles. The average Bonchev–Trinajstić information content (AvgIpc) is 2.97. The van der Waals surface area contributed by atoms with E-state index in [4.69, 9.17) is 21.6 Å². The number of anilines is 1. The van der Waals surface area contributed by atoms with Crippen LogP contribution >= 0.6 is 11.6 Å². The largest absolute Gasteiger partial charge is 0.433 e. The van der Waals surface area contributed by atoms with Gasteiger partial charge < -0.3 is 4.98 Å². The van der Waals surface area contributed by atoms with Gasteiger partial charge in [0.25, 0.3) is 5.56 Å². The van der Waals surface area contributed by atoms with Gasteiger partial charge in [0.2, 0.25) is 0 Å². The molecule has 4 heterocycles. The van der Waals surface area contributed by atoms with Crippen LogP contribution in [-0.2, 0) is 22.9 Å². The highest BCUT2D eigenvalue weighted by molar-refractivity contribution is 7.85.